The van der Waals surface area contributed by atoms with Gasteiger partial charge in [0.05, 0.1) is 10.6 Å². The molecule has 1 amide bonds. The van der Waals surface area contributed by atoms with Crippen molar-refractivity contribution in [2.75, 3.05) is 11.6 Å². The van der Waals surface area contributed by atoms with Crippen molar-refractivity contribution in [3.8, 4) is 11.3 Å². The molecule has 28 heavy (non-hydrogen) atoms. The van der Waals surface area contributed by atoms with Crippen LogP contribution >= 0.6 is 0 Å². The Balaban J connectivity index is 1.56. The molecular weight excluding hydrogens is 374 g/mol. The van der Waals surface area contributed by atoms with Gasteiger partial charge < -0.3 is 5.32 Å². The Morgan fingerprint density at radius 1 is 1.11 bits per heavy atom. The Labute approximate surface area is 163 Å². The summed E-state index contributed by atoms with van der Waals surface area (Å²) in [6, 6.07) is 12.1. The van der Waals surface area contributed by atoms with E-state index in [1.807, 2.05) is 24.3 Å². The van der Waals surface area contributed by atoms with Crippen LogP contribution in [0, 0.1) is 6.92 Å². The fourth-order valence-corrected chi connectivity index (χ4v) is 4.19. The largest absolute Gasteiger partial charge is 0.322 e. The molecule has 3 aromatic rings. The van der Waals surface area contributed by atoms with Crippen molar-refractivity contribution < 1.29 is 13.2 Å². The summed E-state index contributed by atoms with van der Waals surface area (Å²) in [5.41, 5.74) is 6.18. The zero-order valence-corrected chi connectivity index (χ0v) is 16.6. The van der Waals surface area contributed by atoms with Crippen LogP contribution in [0.3, 0.4) is 0 Å². The van der Waals surface area contributed by atoms with E-state index in [0.29, 0.717) is 16.8 Å². The molecule has 0 aliphatic heterocycles. The number of rotatable bonds is 4. The molecule has 0 saturated carbocycles. The molecule has 0 unspecified atom stereocenters. The quantitative estimate of drug-likeness (QED) is 0.707. The number of benzene rings is 2. The van der Waals surface area contributed by atoms with Crippen LogP contribution in [-0.4, -0.2) is 30.8 Å². The standard InChI is InChI=1S/C21H21N3O3S/c1-13-6-11-16(28(2,26)27)12-18(13)21(25)22-15-9-7-14(8-10-15)20-17-4-3-5-19(17)23-24-20/h6-12H,3-5H2,1-2H3,(H,22,25)(H,23,24). The van der Waals surface area contributed by atoms with Crippen molar-refractivity contribution in [3.05, 3.63) is 64.8 Å². The van der Waals surface area contributed by atoms with Crippen LogP contribution in [0.15, 0.2) is 47.4 Å². The minimum atomic E-state index is -3.37. The van der Waals surface area contributed by atoms with E-state index >= 15 is 0 Å². The average molecular weight is 395 g/mol. The number of nitrogens with zero attached hydrogens (tertiary/aromatic N) is 1. The molecule has 7 heteroatoms. The summed E-state index contributed by atoms with van der Waals surface area (Å²) in [7, 11) is -3.37. The second kappa shape index (κ2) is 6.91. The number of carbonyl (C=O) groups is 1. The van der Waals surface area contributed by atoms with Crippen molar-refractivity contribution in [3.63, 3.8) is 0 Å². The van der Waals surface area contributed by atoms with Crippen LogP contribution in [0.5, 0.6) is 0 Å². The number of fused-ring (bicyclic) bond motifs is 1. The lowest BCUT2D eigenvalue weighted by molar-refractivity contribution is 0.102. The second-order valence-corrected chi connectivity index (χ2v) is 9.18. The monoisotopic (exact) mass is 395 g/mol. The molecular formula is C21H21N3O3S. The molecule has 0 atom stereocenters. The molecule has 0 bridgehead atoms. The Kier molecular flexibility index (Phi) is 4.55. The lowest BCUT2D eigenvalue weighted by Gasteiger charge is -2.10. The van der Waals surface area contributed by atoms with E-state index in [4.69, 9.17) is 0 Å². The van der Waals surface area contributed by atoms with E-state index in [1.165, 1.54) is 23.4 Å². The summed E-state index contributed by atoms with van der Waals surface area (Å²) in [5, 5.41) is 10.4. The van der Waals surface area contributed by atoms with Gasteiger partial charge in [-0.2, -0.15) is 5.10 Å². The first-order chi connectivity index (χ1) is 13.3. The molecule has 1 aliphatic rings. The molecule has 2 N–H and O–H groups in total. The minimum Gasteiger partial charge on any atom is -0.322 e. The zero-order chi connectivity index (χ0) is 19.9. The molecule has 0 saturated heterocycles. The van der Waals surface area contributed by atoms with Crippen LogP contribution in [0.25, 0.3) is 11.3 Å². The van der Waals surface area contributed by atoms with Crippen LogP contribution in [-0.2, 0) is 22.7 Å². The third-order valence-corrected chi connectivity index (χ3v) is 6.21. The number of amides is 1. The molecule has 144 valence electrons. The fraction of sp³-hybridized carbons (Fsp3) is 0.238. The number of hydrogen-bond donors (Lipinski definition) is 2. The number of aromatic nitrogens is 2. The Bertz CT molecular complexity index is 1160. The zero-order valence-electron chi connectivity index (χ0n) is 15.7. The van der Waals surface area contributed by atoms with Gasteiger partial charge in [0.15, 0.2) is 9.84 Å². The number of aryl methyl sites for hydroxylation is 2. The average Bonchev–Trinajstić information content (AvgIpc) is 3.25. The third kappa shape index (κ3) is 3.45. The first-order valence-corrected chi connectivity index (χ1v) is 11.0. The van der Waals surface area contributed by atoms with Crippen molar-refractivity contribution in [1.29, 1.82) is 0 Å². The van der Waals surface area contributed by atoms with E-state index < -0.39 is 9.84 Å². The van der Waals surface area contributed by atoms with Crippen LogP contribution in [0.1, 0.15) is 33.6 Å². The predicted molar refractivity (Wildman–Crippen MR) is 108 cm³/mol. The summed E-state index contributed by atoms with van der Waals surface area (Å²) >= 11 is 0. The first kappa shape index (κ1) is 18.4. The highest BCUT2D eigenvalue weighted by Gasteiger charge is 2.19. The molecule has 0 radical (unpaired) electrons. The van der Waals surface area contributed by atoms with Crippen molar-refractivity contribution in [2.24, 2.45) is 0 Å². The second-order valence-electron chi connectivity index (χ2n) is 7.16. The summed E-state index contributed by atoms with van der Waals surface area (Å²) in [6.45, 7) is 1.78. The molecule has 2 aromatic carbocycles. The van der Waals surface area contributed by atoms with Crippen LogP contribution in [0.2, 0.25) is 0 Å². The number of anilines is 1. The Hall–Kier alpha value is -2.93. The normalized spacial score (nSPS) is 13.4. The smallest absolute Gasteiger partial charge is 0.255 e. The van der Waals surface area contributed by atoms with E-state index in [0.717, 1.165) is 36.8 Å². The van der Waals surface area contributed by atoms with E-state index in [9.17, 15) is 13.2 Å². The van der Waals surface area contributed by atoms with Gasteiger partial charge >= 0.3 is 0 Å². The van der Waals surface area contributed by atoms with Gasteiger partial charge in [0.1, 0.15) is 0 Å². The Morgan fingerprint density at radius 3 is 2.57 bits per heavy atom. The van der Waals surface area contributed by atoms with Crippen molar-refractivity contribution in [2.45, 2.75) is 31.1 Å². The Morgan fingerprint density at radius 2 is 1.86 bits per heavy atom. The highest BCUT2D eigenvalue weighted by molar-refractivity contribution is 7.90. The van der Waals surface area contributed by atoms with Gasteiger partial charge in [-0.25, -0.2) is 8.42 Å². The lowest BCUT2D eigenvalue weighted by Crippen LogP contribution is -2.14. The molecule has 1 aliphatic carbocycles. The van der Waals surface area contributed by atoms with Gasteiger partial charge in [0.2, 0.25) is 0 Å². The van der Waals surface area contributed by atoms with Crippen LogP contribution in [0.4, 0.5) is 5.69 Å². The number of H-pyrrole nitrogens is 1. The maximum Gasteiger partial charge on any atom is 0.255 e. The van der Waals surface area contributed by atoms with Gasteiger partial charge in [-0.05, 0) is 56.0 Å². The van der Waals surface area contributed by atoms with Gasteiger partial charge in [-0.15, -0.1) is 0 Å². The third-order valence-electron chi connectivity index (χ3n) is 5.10. The minimum absolute atomic E-state index is 0.131. The molecule has 4 rings (SSSR count). The predicted octanol–water partition coefficient (Wildman–Crippen LogP) is 3.53. The van der Waals surface area contributed by atoms with E-state index in [2.05, 4.69) is 15.5 Å². The summed E-state index contributed by atoms with van der Waals surface area (Å²) in [5.74, 6) is -0.337. The summed E-state index contributed by atoms with van der Waals surface area (Å²) in [4.78, 5) is 12.8. The highest BCUT2D eigenvalue weighted by atomic mass is 32.2. The first-order valence-electron chi connectivity index (χ1n) is 9.11. The molecule has 6 nitrogen and oxygen atoms in total. The molecule has 0 spiro atoms. The highest BCUT2D eigenvalue weighted by Crippen LogP contribution is 2.30. The number of nitrogens with one attached hydrogen (secondary N) is 2. The topological polar surface area (TPSA) is 91.9 Å². The fourth-order valence-electron chi connectivity index (χ4n) is 3.54. The maximum atomic E-state index is 12.7. The number of aromatic amines is 1. The molecule has 1 heterocycles. The molecule has 1 aromatic heterocycles. The van der Waals surface area contributed by atoms with Gasteiger partial charge in [-0.1, -0.05) is 18.2 Å². The number of carbonyl (C=O) groups excluding carboxylic acids is 1. The van der Waals surface area contributed by atoms with Crippen LogP contribution < -0.4 is 5.32 Å². The maximum absolute atomic E-state index is 12.7. The summed E-state index contributed by atoms with van der Waals surface area (Å²) in [6.07, 6.45) is 4.36. The van der Waals surface area contributed by atoms with Gasteiger partial charge in [0.25, 0.3) is 5.91 Å². The van der Waals surface area contributed by atoms with E-state index in [-0.39, 0.29) is 10.8 Å². The van der Waals surface area contributed by atoms with E-state index in [1.54, 1.807) is 13.0 Å². The van der Waals surface area contributed by atoms with Crippen molar-refractivity contribution >= 4 is 21.4 Å². The van der Waals surface area contributed by atoms with Gasteiger partial charge in [-0.3, -0.25) is 9.89 Å². The number of sulfone groups is 1. The number of hydrogen-bond acceptors (Lipinski definition) is 4. The molecule has 0 fully saturated rings. The van der Waals surface area contributed by atoms with Gasteiger partial charge in [0, 0.05) is 34.3 Å². The summed E-state index contributed by atoms with van der Waals surface area (Å²) < 4.78 is 23.5. The van der Waals surface area contributed by atoms with Crippen molar-refractivity contribution in [1.82, 2.24) is 10.2 Å². The lowest BCUT2D eigenvalue weighted by atomic mass is 10.1. The SMILES string of the molecule is Cc1ccc(S(C)(=O)=O)cc1C(=O)Nc1ccc(-c2n[nH]c3c2CCC3)cc1.